The van der Waals surface area contributed by atoms with Crippen LogP contribution in [0, 0.1) is 11.8 Å². The second-order valence-corrected chi connectivity index (χ2v) is 3.84. The molecule has 2 heteroatoms. The van der Waals surface area contributed by atoms with Crippen LogP contribution >= 0.6 is 0 Å². The zero-order valence-corrected chi connectivity index (χ0v) is 7.18. The molecule has 2 N–H and O–H groups in total. The third kappa shape index (κ3) is 1.00. The van der Waals surface area contributed by atoms with E-state index in [0.717, 1.165) is 25.0 Å². The van der Waals surface area contributed by atoms with Crippen molar-refractivity contribution in [3.8, 4) is 0 Å². The first-order valence-corrected chi connectivity index (χ1v) is 4.66. The van der Waals surface area contributed by atoms with Crippen molar-refractivity contribution in [3.05, 3.63) is 0 Å². The van der Waals surface area contributed by atoms with Crippen molar-refractivity contribution in [1.82, 2.24) is 0 Å². The fourth-order valence-electron chi connectivity index (χ4n) is 2.61. The lowest BCUT2D eigenvalue weighted by atomic mass is 9.97. The average molecular weight is 155 g/mol. The molecule has 0 aromatic heterocycles. The molecule has 0 radical (unpaired) electrons. The number of hydrogen-bond donors (Lipinski definition) is 1. The first-order valence-electron chi connectivity index (χ1n) is 4.66. The predicted octanol–water partition coefficient (Wildman–Crippen LogP) is 1.15. The van der Waals surface area contributed by atoms with Gasteiger partial charge in [-0.3, -0.25) is 0 Å². The van der Waals surface area contributed by atoms with E-state index in [4.69, 9.17) is 10.5 Å². The smallest absolute Gasteiger partial charge is 0.0834 e. The Morgan fingerprint density at radius 3 is 2.82 bits per heavy atom. The summed E-state index contributed by atoms with van der Waals surface area (Å²) in [6.45, 7) is 3.61. The predicted molar refractivity (Wildman–Crippen MR) is 44.2 cm³/mol. The monoisotopic (exact) mass is 155 g/mol. The van der Waals surface area contributed by atoms with Crippen molar-refractivity contribution in [3.63, 3.8) is 0 Å². The standard InChI is InChI=1S/C9H17NO/c1-2-11-9(6-10)4-3-7-5-8(7)9/h7-8H,2-6,10H2,1H3. The highest BCUT2D eigenvalue weighted by atomic mass is 16.5. The highest BCUT2D eigenvalue weighted by molar-refractivity contribution is 5.09. The lowest BCUT2D eigenvalue weighted by molar-refractivity contribution is -0.0435. The second-order valence-electron chi connectivity index (χ2n) is 3.84. The summed E-state index contributed by atoms with van der Waals surface area (Å²) in [5.41, 5.74) is 5.84. The molecule has 2 saturated carbocycles. The Kier molecular flexibility index (Phi) is 1.69. The molecular formula is C9H17NO. The number of hydrogen-bond acceptors (Lipinski definition) is 2. The molecule has 0 aromatic carbocycles. The summed E-state index contributed by atoms with van der Waals surface area (Å²) in [4.78, 5) is 0. The SMILES string of the molecule is CCOC1(CN)CCC2CC21. The number of fused-ring (bicyclic) bond motifs is 1. The fourth-order valence-corrected chi connectivity index (χ4v) is 2.61. The Labute approximate surface area is 68.1 Å². The van der Waals surface area contributed by atoms with E-state index in [1.165, 1.54) is 19.3 Å². The van der Waals surface area contributed by atoms with Crippen molar-refractivity contribution < 1.29 is 4.74 Å². The topological polar surface area (TPSA) is 35.2 Å². The minimum absolute atomic E-state index is 0.0966. The van der Waals surface area contributed by atoms with Crippen LogP contribution in [0.2, 0.25) is 0 Å². The average Bonchev–Trinajstić information content (AvgIpc) is 2.73. The van der Waals surface area contributed by atoms with Gasteiger partial charge in [-0.05, 0) is 38.0 Å². The normalized spacial score (nSPS) is 47.5. The fraction of sp³-hybridized carbons (Fsp3) is 1.00. The Morgan fingerprint density at radius 1 is 1.64 bits per heavy atom. The Bertz CT molecular complexity index is 160. The quantitative estimate of drug-likeness (QED) is 0.663. The molecular weight excluding hydrogens is 138 g/mol. The van der Waals surface area contributed by atoms with Crippen LogP contribution in [0.15, 0.2) is 0 Å². The molecule has 2 nitrogen and oxygen atoms in total. The molecule has 0 amide bonds. The van der Waals surface area contributed by atoms with Gasteiger partial charge in [0.15, 0.2) is 0 Å². The molecule has 11 heavy (non-hydrogen) atoms. The van der Waals surface area contributed by atoms with Gasteiger partial charge in [0.25, 0.3) is 0 Å². The van der Waals surface area contributed by atoms with Gasteiger partial charge in [0.05, 0.1) is 5.60 Å². The van der Waals surface area contributed by atoms with Gasteiger partial charge in [0, 0.05) is 13.2 Å². The van der Waals surface area contributed by atoms with Gasteiger partial charge in [-0.15, -0.1) is 0 Å². The minimum Gasteiger partial charge on any atom is -0.374 e. The molecule has 0 aliphatic heterocycles. The molecule has 3 atom stereocenters. The number of nitrogens with two attached hydrogens (primary N) is 1. The number of rotatable bonds is 3. The molecule has 0 heterocycles. The molecule has 0 aromatic rings. The van der Waals surface area contributed by atoms with Crippen molar-refractivity contribution in [1.29, 1.82) is 0 Å². The summed E-state index contributed by atoms with van der Waals surface area (Å²) in [5, 5.41) is 0. The lowest BCUT2D eigenvalue weighted by Gasteiger charge is -2.29. The van der Waals surface area contributed by atoms with Gasteiger partial charge in [0.2, 0.25) is 0 Å². The highest BCUT2D eigenvalue weighted by Gasteiger charge is 2.57. The molecule has 2 fully saturated rings. The van der Waals surface area contributed by atoms with Crippen molar-refractivity contribution in [2.45, 2.75) is 31.8 Å². The summed E-state index contributed by atoms with van der Waals surface area (Å²) >= 11 is 0. The summed E-state index contributed by atoms with van der Waals surface area (Å²) in [7, 11) is 0. The number of ether oxygens (including phenoxy) is 1. The molecule has 2 aliphatic carbocycles. The van der Waals surface area contributed by atoms with Crippen LogP contribution in [0.3, 0.4) is 0 Å². The largest absolute Gasteiger partial charge is 0.374 e. The summed E-state index contributed by atoms with van der Waals surface area (Å²) in [5.74, 6) is 1.78. The van der Waals surface area contributed by atoms with Gasteiger partial charge in [-0.25, -0.2) is 0 Å². The van der Waals surface area contributed by atoms with Crippen LogP contribution in [-0.2, 0) is 4.74 Å². The van der Waals surface area contributed by atoms with Gasteiger partial charge in [-0.2, -0.15) is 0 Å². The third-order valence-electron chi connectivity index (χ3n) is 3.31. The van der Waals surface area contributed by atoms with E-state index >= 15 is 0 Å². The first kappa shape index (κ1) is 7.56. The second kappa shape index (κ2) is 2.46. The molecule has 3 unspecified atom stereocenters. The van der Waals surface area contributed by atoms with E-state index in [0.29, 0.717) is 0 Å². The molecule has 0 saturated heterocycles. The maximum absolute atomic E-state index is 5.77. The zero-order chi connectivity index (χ0) is 7.90. The van der Waals surface area contributed by atoms with Gasteiger partial charge in [0.1, 0.15) is 0 Å². The third-order valence-corrected chi connectivity index (χ3v) is 3.31. The highest BCUT2D eigenvalue weighted by Crippen LogP contribution is 2.58. The van der Waals surface area contributed by atoms with Crippen molar-refractivity contribution in [2.24, 2.45) is 17.6 Å². The van der Waals surface area contributed by atoms with Crippen molar-refractivity contribution in [2.75, 3.05) is 13.2 Å². The first-order chi connectivity index (χ1) is 5.32. The van der Waals surface area contributed by atoms with Crippen molar-refractivity contribution >= 4 is 0 Å². The van der Waals surface area contributed by atoms with Gasteiger partial charge >= 0.3 is 0 Å². The molecule has 0 spiro atoms. The maximum Gasteiger partial charge on any atom is 0.0834 e. The molecule has 2 rings (SSSR count). The van der Waals surface area contributed by atoms with Crippen LogP contribution in [0.1, 0.15) is 26.2 Å². The van der Waals surface area contributed by atoms with E-state index in [2.05, 4.69) is 6.92 Å². The van der Waals surface area contributed by atoms with E-state index in [1.807, 2.05) is 0 Å². The molecule has 64 valence electrons. The van der Waals surface area contributed by atoms with E-state index < -0.39 is 0 Å². The lowest BCUT2D eigenvalue weighted by Crippen LogP contribution is -2.41. The maximum atomic E-state index is 5.77. The van der Waals surface area contributed by atoms with Crippen LogP contribution < -0.4 is 5.73 Å². The van der Waals surface area contributed by atoms with Crippen LogP contribution in [-0.4, -0.2) is 18.8 Å². The van der Waals surface area contributed by atoms with Crippen LogP contribution in [0.25, 0.3) is 0 Å². The summed E-state index contributed by atoms with van der Waals surface area (Å²) in [6, 6.07) is 0. The van der Waals surface area contributed by atoms with E-state index in [1.54, 1.807) is 0 Å². The van der Waals surface area contributed by atoms with E-state index in [9.17, 15) is 0 Å². The Morgan fingerprint density at radius 2 is 2.45 bits per heavy atom. The summed E-state index contributed by atoms with van der Waals surface area (Å²) in [6.07, 6.45) is 3.92. The zero-order valence-electron chi connectivity index (χ0n) is 7.18. The van der Waals surface area contributed by atoms with Crippen LogP contribution in [0.5, 0.6) is 0 Å². The van der Waals surface area contributed by atoms with Crippen LogP contribution in [0.4, 0.5) is 0 Å². The summed E-state index contributed by atoms with van der Waals surface area (Å²) < 4.78 is 5.77. The molecule has 0 bridgehead atoms. The Hall–Kier alpha value is -0.0800. The van der Waals surface area contributed by atoms with Gasteiger partial charge in [-0.1, -0.05) is 0 Å². The van der Waals surface area contributed by atoms with E-state index in [-0.39, 0.29) is 5.60 Å². The molecule has 2 aliphatic rings. The van der Waals surface area contributed by atoms with Gasteiger partial charge < -0.3 is 10.5 Å². The Balaban J connectivity index is 2.04. The minimum atomic E-state index is 0.0966.